The monoisotopic (exact) mass is 436 g/mol. The van der Waals surface area contributed by atoms with E-state index < -0.39 is 6.10 Å². The van der Waals surface area contributed by atoms with E-state index in [2.05, 4.69) is 0 Å². The third kappa shape index (κ3) is 5.15. The van der Waals surface area contributed by atoms with Crippen LogP contribution >= 0.6 is 0 Å². The SMILES string of the molecule is COc1ccc(C(O)c2c(/C=C/c3cc(OC)cc(OC)c3)cc(OC)cc2OC)cc1. The van der Waals surface area contributed by atoms with Gasteiger partial charge in [-0.25, -0.2) is 0 Å². The van der Waals surface area contributed by atoms with E-state index in [1.807, 2.05) is 60.7 Å². The smallest absolute Gasteiger partial charge is 0.129 e. The number of aliphatic hydroxyl groups is 1. The van der Waals surface area contributed by atoms with Gasteiger partial charge in [0.15, 0.2) is 0 Å². The van der Waals surface area contributed by atoms with E-state index in [9.17, 15) is 5.11 Å². The second-order valence-electron chi connectivity index (χ2n) is 6.99. The molecule has 0 bridgehead atoms. The van der Waals surface area contributed by atoms with Gasteiger partial charge in [0.25, 0.3) is 0 Å². The van der Waals surface area contributed by atoms with Crippen LogP contribution in [0.15, 0.2) is 54.6 Å². The Morgan fingerprint density at radius 1 is 0.625 bits per heavy atom. The molecular formula is C26H28O6. The summed E-state index contributed by atoms with van der Waals surface area (Å²) in [6.45, 7) is 0. The Kier molecular flexibility index (Phi) is 7.63. The highest BCUT2D eigenvalue weighted by molar-refractivity contribution is 5.75. The molecule has 0 aliphatic heterocycles. The Hall–Kier alpha value is -3.64. The fourth-order valence-corrected chi connectivity index (χ4v) is 3.40. The molecule has 0 saturated heterocycles. The molecule has 0 radical (unpaired) electrons. The third-order valence-electron chi connectivity index (χ3n) is 5.14. The van der Waals surface area contributed by atoms with Crippen molar-refractivity contribution in [3.8, 4) is 28.7 Å². The predicted octanol–water partition coefficient (Wildman–Crippen LogP) is 4.98. The Morgan fingerprint density at radius 3 is 1.72 bits per heavy atom. The molecule has 168 valence electrons. The van der Waals surface area contributed by atoms with Crippen LogP contribution in [0.2, 0.25) is 0 Å². The summed E-state index contributed by atoms with van der Waals surface area (Å²) < 4.78 is 27.0. The molecule has 0 amide bonds. The standard InChI is InChI=1S/C26H28O6/c1-28-20-10-8-18(9-11-20)26(27)25-19(14-23(31-4)16-24(25)32-5)7-6-17-12-21(29-2)15-22(13-17)30-3/h6-16,26-27H,1-5H3/b7-6+. The lowest BCUT2D eigenvalue weighted by Crippen LogP contribution is -2.05. The first-order valence-corrected chi connectivity index (χ1v) is 10.0. The lowest BCUT2D eigenvalue weighted by molar-refractivity contribution is 0.214. The van der Waals surface area contributed by atoms with Crippen LogP contribution in [0.3, 0.4) is 0 Å². The van der Waals surface area contributed by atoms with Crippen molar-refractivity contribution in [1.82, 2.24) is 0 Å². The molecule has 1 unspecified atom stereocenters. The van der Waals surface area contributed by atoms with Gasteiger partial charge >= 0.3 is 0 Å². The second kappa shape index (κ2) is 10.6. The molecule has 0 aromatic heterocycles. The van der Waals surface area contributed by atoms with Gasteiger partial charge in [0.2, 0.25) is 0 Å². The van der Waals surface area contributed by atoms with Gasteiger partial charge in [-0.05, 0) is 47.0 Å². The van der Waals surface area contributed by atoms with E-state index in [0.717, 1.165) is 16.9 Å². The van der Waals surface area contributed by atoms with Crippen molar-refractivity contribution in [2.24, 2.45) is 0 Å². The van der Waals surface area contributed by atoms with Gasteiger partial charge in [-0.15, -0.1) is 0 Å². The second-order valence-corrected chi connectivity index (χ2v) is 6.99. The van der Waals surface area contributed by atoms with E-state index in [1.54, 1.807) is 41.6 Å². The van der Waals surface area contributed by atoms with E-state index >= 15 is 0 Å². The zero-order valence-electron chi connectivity index (χ0n) is 18.9. The van der Waals surface area contributed by atoms with E-state index in [4.69, 9.17) is 23.7 Å². The van der Waals surface area contributed by atoms with Crippen LogP contribution in [0.1, 0.15) is 28.4 Å². The quantitative estimate of drug-likeness (QED) is 0.477. The van der Waals surface area contributed by atoms with Crippen LogP contribution < -0.4 is 23.7 Å². The molecule has 3 aromatic carbocycles. The Morgan fingerprint density at radius 2 is 1.19 bits per heavy atom. The van der Waals surface area contributed by atoms with Gasteiger partial charge in [0.1, 0.15) is 34.9 Å². The zero-order valence-corrected chi connectivity index (χ0v) is 18.9. The van der Waals surface area contributed by atoms with Crippen molar-refractivity contribution in [3.63, 3.8) is 0 Å². The van der Waals surface area contributed by atoms with Crippen molar-refractivity contribution in [2.75, 3.05) is 35.5 Å². The highest BCUT2D eigenvalue weighted by atomic mass is 16.5. The van der Waals surface area contributed by atoms with E-state index in [1.165, 1.54) is 0 Å². The van der Waals surface area contributed by atoms with Crippen LogP contribution in [-0.4, -0.2) is 40.7 Å². The molecule has 0 fully saturated rings. The van der Waals surface area contributed by atoms with Crippen LogP contribution in [0.25, 0.3) is 12.2 Å². The first kappa shape index (κ1) is 23.0. The number of hydrogen-bond acceptors (Lipinski definition) is 6. The normalized spacial score (nSPS) is 11.8. The fraction of sp³-hybridized carbons (Fsp3) is 0.231. The van der Waals surface area contributed by atoms with Crippen LogP contribution in [-0.2, 0) is 0 Å². The molecule has 6 nitrogen and oxygen atoms in total. The summed E-state index contributed by atoms with van der Waals surface area (Å²) in [7, 11) is 7.99. The van der Waals surface area contributed by atoms with Gasteiger partial charge in [0, 0.05) is 17.7 Å². The number of ether oxygens (including phenoxy) is 5. The van der Waals surface area contributed by atoms with E-state index in [-0.39, 0.29) is 0 Å². The molecule has 1 N–H and O–H groups in total. The van der Waals surface area contributed by atoms with Crippen molar-refractivity contribution >= 4 is 12.2 Å². The van der Waals surface area contributed by atoms with Crippen LogP contribution in [0, 0.1) is 0 Å². The summed E-state index contributed by atoms with van der Waals surface area (Å²) in [5.41, 5.74) is 2.98. The highest BCUT2D eigenvalue weighted by Crippen LogP contribution is 2.38. The lowest BCUT2D eigenvalue weighted by atomic mass is 9.94. The van der Waals surface area contributed by atoms with Gasteiger partial charge in [0.05, 0.1) is 35.5 Å². The van der Waals surface area contributed by atoms with Crippen LogP contribution in [0.4, 0.5) is 0 Å². The molecule has 0 aliphatic carbocycles. The number of hydrogen-bond donors (Lipinski definition) is 1. The molecule has 6 heteroatoms. The Bertz CT molecular complexity index is 1050. The molecule has 0 heterocycles. The van der Waals surface area contributed by atoms with Crippen molar-refractivity contribution in [1.29, 1.82) is 0 Å². The first-order chi connectivity index (χ1) is 15.5. The van der Waals surface area contributed by atoms with Crippen molar-refractivity contribution < 1.29 is 28.8 Å². The number of aliphatic hydroxyl groups excluding tert-OH is 1. The average Bonchev–Trinajstić information content (AvgIpc) is 2.86. The van der Waals surface area contributed by atoms with Crippen molar-refractivity contribution in [3.05, 3.63) is 76.9 Å². The molecule has 1 atom stereocenters. The zero-order chi connectivity index (χ0) is 23.1. The molecule has 3 aromatic rings. The topological polar surface area (TPSA) is 66.4 Å². The summed E-state index contributed by atoms with van der Waals surface area (Å²) >= 11 is 0. The largest absolute Gasteiger partial charge is 0.497 e. The fourth-order valence-electron chi connectivity index (χ4n) is 3.40. The van der Waals surface area contributed by atoms with Crippen molar-refractivity contribution in [2.45, 2.75) is 6.10 Å². The van der Waals surface area contributed by atoms with Crippen LogP contribution in [0.5, 0.6) is 28.7 Å². The number of rotatable bonds is 9. The van der Waals surface area contributed by atoms with Gasteiger partial charge in [-0.3, -0.25) is 0 Å². The van der Waals surface area contributed by atoms with Gasteiger partial charge in [-0.2, -0.15) is 0 Å². The summed E-state index contributed by atoms with van der Waals surface area (Å²) in [5, 5.41) is 11.2. The number of methoxy groups -OCH3 is 5. The molecule has 32 heavy (non-hydrogen) atoms. The molecular weight excluding hydrogens is 408 g/mol. The Labute approximate surface area is 188 Å². The molecule has 0 spiro atoms. The molecule has 0 saturated carbocycles. The minimum atomic E-state index is -0.916. The maximum atomic E-state index is 11.2. The first-order valence-electron chi connectivity index (χ1n) is 10.0. The summed E-state index contributed by atoms with van der Waals surface area (Å²) in [6.07, 6.45) is 2.91. The maximum Gasteiger partial charge on any atom is 0.129 e. The Balaban J connectivity index is 2.08. The summed E-state index contributed by atoms with van der Waals surface area (Å²) in [6, 6.07) is 16.5. The summed E-state index contributed by atoms with van der Waals surface area (Å²) in [4.78, 5) is 0. The predicted molar refractivity (Wildman–Crippen MR) is 125 cm³/mol. The maximum absolute atomic E-state index is 11.2. The average molecular weight is 437 g/mol. The lowest BCUT2D eigenvalue weighted by Gasteiger charge is -2.19. The van der Waals surface area contributed by atoms with Gasteiger partial charge < -0.3 is 28.8 Å². The third-order valence-corrected chi connectivity index (χ3v) is 5.14. The minimum Gasteiger partial charge on any atom is -0.497 e. The summed E-state index contributed by atoms with van der Waals surface area (Å²) in [5.74, 6) is 3.23. The number of benzene rings is 3. The highest BCUT2D eigenvalue weighted by Gasteiger charge is 2.20. The van der Waals surface area contributed by atoms with E-state index in [0.29, 0.717) is 34.1 Å². The molecule has 0 aliphatic rings. The molecule has 3 rings (SSSR count). The minimum absolute atomic E-state index is 0.524. The van der Waals surface area contributed by atoms with Gasteiger partial charge in [-0.1, -0.05) is 24.3 Å².